The molecule has 2 bridgehead atoms. The Morgan fingerprint density at radius 3 is 2.87 bits per heavy atom. The van der Waals surface area contributed by atoms with Crippen molar-refractivity contribution in [3.63, 3.8) is 0 Å². The van der Waals surface area contributed by atoms with Crippen molar-refractivity contribution in [1.82, 2.24) is 0 Å². The minimum Gasteiger partial charge on any atom is -0.513 e. The van der Waals surface area contributed by atoms with Gasteiger partial charge in [0.15, 0.2) is 0 Å². The number of alkyl halides is 1. The first-order chi connectivity index (χ1) is 7.06. The molecular formula is C11H14F2O2. The molecule has 2 N–H and O–H groups in total. The summed E-state index contributed by atoms with van der Waals surface area (Å²) < 4.78 is 26.5. The lowest BCUT2D eigenvalue weighted by atomic mass is 9.83. The molecule has 2 unspecified atom stereocenters. The number of allylic oxidation sites excluding steroid dienone is 3. The van der Waals surface area contributed by atoms with E-state index in [9.17, 15) is 13.9 Å². The van der Waals surface area contributed by atoms with E-state index in [0.717, 1.165) is 0 Å². The number of fused-ring (bicyclic) bond motifs is 2. The summed E-state index contributed by atoms with van der Waals surface area (Å²) in [6.07, 6.45) is 2.50. The highest BCUT2D eigenvalue weighted by atomic mass is 19.1. The van der Waals surface area contributed by atoms with Crippen molar-refractivity contribution in [2.24, 2.45) is 11.3 Å². The molecule has 2 aliphatic rings. The molecule has 0 heterocycles. The summed E-state index contributed by atoms with van der Waals surface area (Å²) in [5.74, 6) is -0.978. The SMILES string of the molecule is OC/C=C(\O)C[C@@]12C=C(F)C(C1)C(F)C2. The first-order valence-corrected chi connectivity index (χ1v) is 5.07. The Balaban J connectivity index is 2.13. The van der Waals surface area contributed by atoms with Crippen molar-refractivity contribution in [1.29, 1.82) is 0 Å². The Labute approximate surface area is 86.9 Å². The van der Waals surface area contributed by atoms with E-state index in [1.54, 1.807) is 0 Å². The number of hydrogen-bond donors (Lipinski definition) is 2. The number of aliphatic hydroxyl groups excluding tert-OH is 2. The number of halogens is 2. The quantitative estimate of drug-likeness (QED) is 0.711. The highest BCUT2D eigenvalue weighted by molar-refractivity contribution is 5.25. The lowest BCUT2D eigenvalue weighted by molar-refractivity contribution is 0.233. The lowest BCUT2D eigenvalue weighted by Gasteiger charge is -2.23. The normalized spacial score (nSPS) is 39.7. The maximum atomic E-state index is 13.3. The van der Waals surface area contributed by atoms with E-state index < -0.39 is 17.5 Å². The maximum Gasteiger partial charge on any atom is 0.110 e. The molecule has 84 valence electrons. The van der Waals surface area contributed by atoms with Crippen LogP contribution in [0.25, 0.3) is 0 Å². The minimum atomic E-state index is -1.13. The number of rotatable bonds is 3. The first-order valence-electron chi connectivity index (χ1n) is 5.07. The van der Waals surface area contributed by atoms with Crippen LogP contribution in [0.5, 0.6) is 0 Å². The van der Waals surface area contributed by atoms with Gasteiger partial charge in [-0.1, -0.05) is 0 Å². The molecule has 0 saturated heterocycles. The van der Waals surface area contributed by atoms with Crippen molar-refractivity contribution in [3.8, 4) is 0 Å². The molecule has 1 fully saturated rings. The number of hydrogen-bond acceptors (Lipinski definition) is 2. The standard InChI is InChI=1S/C11H14F2O2/c12-9-5-11(3-7(15)1-2-14)4-8(9)10(13)6-11/h1,5,8,10,14-15H,2-4,6H2/b7-1-/t8?,10?,11-/m0/s1. The second-order valence-electron chi connectivity index (χ2n) is 4.48. The van der Waals surface area contributed by atoms with Gasteiger partial charge in [-0.3, -0.25) is 0 Å². The Morgan fingerprint density at radius 1 is 1.60 bits per heavy atom. The monoisotopic (exact) mass is 216 g/mol. The van der Waals surface area contributed by atoms with Crippen LogP contribution in [-0.2, 0) is 0 Å². The molecule has 2 rings (SSSR count). The van der Waals surface area contributed by atoms with Crippen LogP contribution in [0.2, 0.25) is 0 Å². The maximum absolute atomic E-state index is 13.3. The zero-order valence-corrected chi connectivity index (χ0v) is 8.29. The van der Waals surface area contributed by atoms with Crippen LogP contribution in [0.15, 0.2) is 23.7 Å². The van der Waals surface area contributed by atoms with E-state index in [1.165, 1.54) is 12.2 Å². The smallest absolute Gasteiger partial charge is 0.110 e. The van der Waals surface area contributed by atoms with Crippen LogP contribution in [0.3, 0.4) is 0 Å². The topological polar surface area (TPSA) is 40.5 Å². The summed E-state index contributed by atoms with van der Waals surface area (Å²) >= 11 is 0. The fourth-order valence-electron chi connectivity index (χ4n) is 2.70. The van der Waals surface area contributed by atoms with Crippen LogP contribution in [0.4, 0.5) is 8.78 Å². The third-order valence-corrected chi connectivity index (χ3v) is 3.32. The van der Waals surface area contributed by atoms with Gasteiger partial charge in [0.2, 0.25) is 0 Å². The zero-order valence-electron chi connectivity index (χ0n) is 8.29. The summed E-state index contributed by atoms with van der Waals surface area (Å²) in [6.45, 7) is -0.253. The van der Waals surface area contributed by atoms with Crippen LogP contribution in [0.1, 0.15) is 19.3 Å². The fraction of sp³-hybridized carbons (Fsp3) is 0.636. The van der Waals surface area contributed by atoms with E-state index >= 15 is 0 Å². The van der Waals surface area contributed by atoms with Gasteiger partial charge >= 0.3 is 0 Å². The molecule has 2 nitrogen and oxygen atoms in total. The van der Waals surface area contributed by atoms with E-state index in [4.69, 9.17) is 5.11 Å². The Kier molecular flexibility index (Phi) is 2.54. The van der Waals surface area contributed by atoms with Gasteiger partial charge in [-0.25, -0.2) is 8.78 Å². The third kappa shape index (κ3) is 1.78. The summed E-state index contributed by atoms with van der Waals surface area (Å²) in [6, 6.07) is 0. The van der Waals surface area contributed by atoms with Crippen molar-refractivity contribution in [3.05, 3.63) is 23.7 Å². The zero-order chi connectivity index (χ0) is 11.1. The van der Waals surface area contributed by atoms with Gasteiger partial charge in [0.1, 0.15) is 12.0 Å². The van der Waals surface area contributed by atoms with E-state index in [-0.39, 0.29) is 31.0 Å². The molecule has 15 heavy (non-hydrogen) atoms. The van der Waals surface area contributed by atoms with Gasteiger partial charge in [-0.2, -0.15) is 0 Å². The summed E-state index contributed by atoms with van der Waals surface area (Å²) in [4.78, 5) is 0. The Bertz CT molecular complexity index is 325. The van der Waals surface area contributed by atoms with Crippen LogP contribution in [-0.4, -0.2) is 23.0 Å². The number of aliphatic hydroxyl groups is 2. The molecule has 0 radical (unpaired) electrons. The summed E-state index contributed by atoms with van der Waals surface area (Å²) in [5.41, 5.74) is -0.566. The molecule has 0 aromatic rings. The highest BCUT2D eigenvalue weighted by Crippen LogP contribution is 2.56. The molecule has 0 aliphatic heterocycles. The molecule has 0 aromatic heterocycles. The van der Waals surface area contributed by atoms with Crippen LogP contribution >= 0.6 is 0 Å². The van der Waals surface area contributed by atoms with E-state index in [0.29, 0.717) is 6.42 Å². The average Bonchev–Trinajstić information content (AvgIpc) is 2.57. The van der Waals surface area contributed by atoms with Gasteiger partial charge in [-0.15, -0.1) is 0 Å². The molecule has 1 saturated carbocycles. The average molecular weight is 216 g/mol. The molecular weight excluding hydrogens is 202 g/mol. The van der Waals surface area contributed by atoms with Gasteiger partial charge in [0.05, 0.1) is 12.4 Å². The van der Waals surface area contributed by atoms with Gasteiger partial charge in [-0.05, 0) is 25.0 Å². The molecule has 0 amide bonds. The van der Waals surface area contributed by atoms with Crippen LogP contribution in [0, 0.1) is 11.3 Å². The van der Waals surface area contributed by atoms with E-state index in [1.807, 2.05) is 0 Å². The van der Waals surface area contributed by atoms with Crippen molar-refractivity contribution in [2.75, 3.05) is 6.61 Å². The molecule has 0 spiro atoms. The van der Waals surface area contributed by atoms with E-state index in [2.05, 4.69) is 0 Å². The second-order valence-corrected chi connectivity index (χ2v) is 4.48. The van der Waals surface area contributed by atoms with Gasteiger partial charge < -0.3 is 10.2 Å². The second kappa shape index (κ2) is 3.59. The van der Waals surface area contributed by atoms with Crippen molar-refractivity contribution < 1.29 is 19.0 Å². The fourth-order valence-corrected chi connectivity index (χ4v) is 2.70. The molecule has 0 aromatic carbocycles. The Hall–Kier alpha value is -0.900. The Morgan fingerprint density at radius 2 is 2.33 bits per heavy atom. The molecule has 2 aliphatic carbocycles. The summed E-state index contributed by atoms with van der Waals surface area (Å²) in [7, 11) is 0. The molecule has 4 heteroatoms. The predicted octanol–water partition coefficient (Wildman–Crippen LogP) is 2.41. The lowest BCUT2D eigenvalue weighted by Crippen LogP contribution is -2.17. The summed E-state index contributed by atoms with van der Waals surface area (Å²) in [5, 5.41) is 18.0. The van der Waals surface area contributed by atoms with Crippen molar-refractivity contribution in [2.45, 2.75) is 25.4 Å². The predicted molar refractivity (Wildman–Crippen MR) is 51.7 cm³/mol. The third-order valence-electron chi connectivity index (χ3n) is 3.32. The van der Waals surface area contributed by atoms with Crippen LogP contribution < -0.4 is 0 Å². The molecule has 3 atom stereocenters. The first kappa shape index (κ1) is 10.6. The highest BCUT2D eigenvalue weighted by Gasteiger charge is 2.51. The van der Waals surface area contributed by atoms with Gasteiger partial charge in [0, 0.05) is 17.8 Å². The van der Waals surface area contributed by atoms with Gasteiger partial charge in [0.25, 0.3) is 0 Å². The minimum absolute atomic E-state index is 0.0105. The largest absolute Gasteiger partial charge is 0.513 e. The van der Waals surface area contributed by atoms with Crippen molar-refractivity contribution >= 4 is 0 Å².